The highest BCUT2D eigenvalue weighted by Gasteiger charge is 2.10. The van der Waals surface area contributed by atoms with Crippen molar-refractivity contribution in [2.75, 3.05) is 6.54 Å². The van der Waals surface area contributed by atoms with Crippen LogP contribution in [0.4, 0.5) is 0 Å². The van der Waals surface area contributed by atoms with E-state index in [4.69, 9.17) is 5.73 Å². The molecule has 1 rings (SSSR count). The van der Waals surface area contributed by atoms with Gasteiger partial charge in [-0.3, -0.25) is 4.79 Å². The van der Waals surface area contributed by atoms with Crippen molar-refractivity contribution >= 4 is 5.78 Å². The summed E-state index contributed by atoms with van der Waals surface area (Å²) in [6.45, 7) is 5.06. The zero-order valence-electron chi connectivity index (χ0n) is 12.3. The fraction of sp³-hybridized carbons (Fsp3) is 0.588. The average molecular weight is 261 g/mol. The second kappa shape index (κ2) is 8.87. The average Bonchev–Trinajstić information content (AvgIpc) is 2.44. The van der Waals surface area contributed by atoms with Gasteiger partial charge < -0.3 is 5.73 Å². The first kappa shape index (κ1) is 15.9. The van der Waals surface area contributed by atoms with Crippen molar-refractivity contribution in [1.82, 2.24) is 0 Å². The highest BCUT2D eigenvalue weighted by atomic mass is 16.1. The van der Waals surface area contributed by atoms with Gasteiger partial charge in [0.15, 0.2) is 5.78 Å². The predicted molar refractivity (Wildman–Crippen MR) is 81.5 cm³/mol. The van der Waals surface area contributed by atoms with E-state index in [2.05, 4.69) is 26.0 Å². The normalized spacial score (nSPS) is 12.4. The number of benzene rings is 1. The van der Waals surface area contributed by atoms with Crippen LogP contribution in [0.3, 0.4) is 0 Å². The first-order chi connectivity index (χ1) is 9.21. The Kier molecular flexibility index (Phi) is 7.42. The van der Waals surface area contributed by atoms with Crippen molar-refractivity contribution in [3.63, 3.8) is 0 Å². The smallest absolute Gasteiger partial charge is 0.162 e. The number of nitrogens with two attached hydrogens (primary N) is 1. The van der Waals surface area contributed by atoms with Crippen LogP contribution in [0.25, 0.3) is 0 Å². The van der Waals surface area contributed by atoms with E-state index >= 15 is 0 Å². The highest BCUT2D eigenvalue weighted by molar-refractivity contribution is 5.96. The molecule has 0 aliphatic rings. The largest absolute Gasteiger partial charge is 0.330 e. The molecule has 0 bridgehead atoms. The maximum atomic E-state index is 12.1. The lowest BCUT2D eigenvalue weighted by atomic mass is 9.93. The number of hydrogen-bond acceptors (Lipinski definition) is 2. The van der Waals surface area contributed by atoms with E-state index < -0.39 is 0 Å². The van der Waals surface area contributed by atoms with Gasteiger partial charge in [0.2, 0.25) is 0 Å². The third-order valence-corrected chi connectivity index (χ3v) is 3.75. The van der Waals surface area contributed by atoms with Gasteiger partial charge in [-0.05, 0) is 37.3 Å². The second-order valence-corrected chi connectivity index (χ2v) is 5.26. The molecule has 0 aromatic heterocycles. The highest BCUT2D eigenvalue weighted by Crippen LogP contribution is 2.17. The summed E-state index contributed by atoms with van der Waals surface area (Å²) in [6.07, 6.45) is 5.97. The van der Waals surface area contributed by atoms with Gasteiger partial charge in [-0.2, -0.15) is 0 Å². The van der Waals surface area contributed by atoms with Gasteiger partial charge in [0.05, 0.1) is 0 Å². The zero-order valence-corrected chi connectivity index (χ0v) is 12.3. The van der Waals surface area contributed by atoms with E-state index in [1.807, 2.05) is 12.1 Å². The molecule has 2 heteroatoms. The van der Waals surface area contributed by atoms with E-state index in [-0.39, 0.29) is 5.78 Å². The van der Waals surface area contributed by atoms with Gasteiger partial charge in [0.1, 0.15) is 0 Å². The number of rotatable bonds is 9. The maximum Gasteiger partial charge on any atom is 0.162 e. The fourth-order valence-corrected chi connectivity index (χ4v) is 2.41. The molecular formula is C17H27NO. The molecule has 0 aliphatic heterocycles. The third kappa shape index (κ3) is 5.56. The lowest BCUT2D eigenvalue weighted by Gasteiger charge is -2.12. The van der Waals surface area contributed by atoms with Crippen molar-refractivity contribution in [2.24, 2.45) is 11.7 Å². The lowest BCUT2D eigenvalue weighted by Crippen LogP contribution is -2.10. The second-order valence-electron chi connectivity index (χ2n) is 5.26. The maximum absolute atomic E-state index is 12.1. The third-order valence-electron chi connectivity index (χ3n) is 3.75. The van der Waals surface area contributed by atoms with Crippen LogP contribution in [0.15, 0.2) is 24.3 Å². The van der Waals surface area contributed by atoms with Crippen molar-refractivity contribution in [3.05, 3.63) is 35.4 Å². The summed E-state index contributed by atoms with van der Waals surface area (Å²) >= 11 is 0. The van der Waals surface area contributed by atoms with Gasteiger partial charge in [0.25, 0.3) is 0 Å². The molecule has 2 nitrogen and oxygen atoms in total. The summed E-state index contributed by atoms with van der Waals surface area (Å²) in [5.74, 6) is 0.854. The number of Topliss-reactive ketones (excluding diaryl/α,β-unsaturated/α-hetero) is 1. The Labute approximate surface area is 117 Å². The van der Waals surface area contributed by atoms with Gasteiger partial charge in [0, 0.05) is 12.0 Å². The molecule has 1 aromatic carbocycles. The van der Waals surface area contributed by atoms with E-state index in [1.54, 1.807) is 0 Å². The minimum absolute atomic E-state index is 0.263. The fourth-order valence-electron chi connectivity index (χ4n) is 2.41. The SMILES string of the molecule is CCCc1ccc(C(=O)CCC(CC)CCN)cc1. The number of carbonyl (C=O) groups excluding carboxylic acids is 1. The van der Waals surface area contributed by atoms with Gasteiger partial charge in [-0.1, -0.05) is 51.0 Å². The minimum Gasteiger partial charge on any atom is -0.330 e. The van der Waals surface area contributed by atoms with E-state index in [9.17, 15) is 4.79 Å². The summed E-state index contributed by atoms with van der Waals surface area (Å²) in [5.41, 5.74) is 7.75. The van der Waals surface area contributed by atoms with Crippen molar-refractivity contribution < 1.29 is 4.79 Å². The van der Waals surface area contributed by atoms with Crippen LogP contribution in [-0.4, -0.2) is 12.3 Å². The van der Waals surface area contributed by atoms with Crippen LogP contribution in [0.1, 0.15) is 61.9 Å². The molecule has 0 spiro atoms. The van der Waals surface area contributed by atoms with Crippen LogP contribution in [0, 0.1) is 5.92 Å². The zero-order chi connectivity index (χ0) is 14.1. The van der Waals surface area contributed by atoms with Crippen LogP contribution in [0.2, 0.25) is 0 Å². The molecule has 0 saturated carbocycles. The topological polar surface area (TPSA) is 43.1 Å². The molecule has 0 heterocycles. The first-order valence-corrected chi connectivity index (χ1v) is 7.53. The minimum atomic E-state index is 0.263. The summed E-state index contributed by atoms with van der Waals surface area (Å²) in [7, 11) is 0. The van der Waals surface area contributed by atoms with Crippen LogP contribution >= 0.6 is 0 Å². The molecule has 0 amide bonds. The van der Waals surface area contributed by atoms with Crippen molar-refractivity contribution in [3.8, 4) is 0 Å². The van der Waals surface area contributed by atoms with Crippen molar-refractivity contribution in [2.45, 2.75) is 52.4 Å². The molecule has 0 radical (unpaired) electrons. The van der Waals surface area contributed by atoms with Gasteiger partial charge in [-0.25, -0.2) is 0 Å². The molecule has 0 saturated heterocycles. The molecule has 1 aromatic rings. The predicted octanol–water partition coefficient (Wildman–Crippen LogP) is 3.98. The van der Waals surface area contributed by atoms with Crippen molar-refractivity contribution in [1.29, 1.82) is 0 Å². The first-order valence-electron chi connectivity index (χ1n) is 7.53. The quantitative estimate of drug-likeness (QED) is 0.683. The Morgan fingerprint density at radius 2 is 1.84 bits per heavy atom. The Bertz CT molecular complexity index is 369. The van der Waals surface area contributed by atoms with Crippen LogP contribution < -0.4 is 5.73 Å². The van der Waals surface area contributed by atoms with E-state index in [0.29, 0.717) is 12.3 Å². The molecule has 1 atom stereocenters. The standard InChI is InChI=1S/C17H27NO/c1-3-5-15-6-9-16(10-7-15)17(19)11-8-14(4-2)12-13-18/h6-7,9-10,14H,3-5,8,11-13,18H2,1-2H3. The van der Waals surface area contributed by atoms with Gasteiger partial charge in [-0.15, -0.1) is 0 Å². The molecule has 0 fully saturated rings. The lowest BCUT2D eigenvalue weighted by molar-refractivity contribution is 0.0972. The summed E-state index contributed by atoms with van der Waals surface area (Å²) in [5, 5.41) is 0. The van der Waals surface area contributed by atoms with Gasteiger partial charge >= 0.3 is 0 Å². The summed E-state index contributed by atoms with van der Waals surface area (Å²) in [6, 6.07) is 8.09. The molecular weight excluding hydrogens is 234 g/mol. The molecule has 1 unspecified atom stereocenters. The summed E-state index contributed by atoms with van der Waals surface area (Å²) < 4.78 is 0. The van der Waals surface area contributed by atoms with Crippen LogP contribution in [-0.2, 0) is 6.42 Å². The number of ketones is 1. The molecule has 0 aliphatic carbocycles. The molecule has 19 heavy (non-hydrogen) atoms. The number of hydrogen-bond donors (Lipinski definition) is 1. The van der Waals surface area contributed by atoms with E-state index in [1.165, 1.54) is 5.56 Å². The Morgan fingerprint density at radius 3 is 2.37 bits per heavy atom. The number of aryl methyl sites for hydroxylation is 1. The summed E-state index contributed by atoms with van der Waals surface area (Å²) in [4.78, 5) is 12.1. The van der Waals surface area contributed by atoms with Crippen LogP contribution in [0.5, 0.6) is 0 Å². The Morgan fingerprint density at radius 1 is 1.16 bits per heavy atom. The van der Waals surface area contributed by atoms with E-state index in [0.717, 1.165) is 44.2 Å². The molecule has 2 N–H and O–H groups in total. The number of carbonyl (C=O) groups is 1. The monoisotopic (exact) mass is 261 g/mol. The molecule has 106 valence electrons. The Balaban J connectivity index is 2.48. The Hall–Kier alpha value is -1.15.